The summed E-state index contributed by atoms with van der Waals surface area (Å²) in [4.78, 5) is 0. The van der Waals surface area contributed by atoms with Crippen LogP contribution in [-0.2, 0) is 5.67 Å². The number of halogens is 2. The second kappa shape index (κ2) is 3.06. The van der Waals surface area contributed by atoms with E-state index >= 15 is 0 Å². The van der Waals surface area contributed by atoms with Crippen molar-refractivity contribution < 1.29 is 4.39 Å². The van der Waals surface area contributed by atoms with Crippen molar-refractivity contribution in [1.82, 2.24) is 0 Å². The zero-order chi connectivity index (χ0) is 10.3. The smallest absolute Gasteiger partial charge is 0.136 e. The summed E-state index contributed by atoms with van der Waals surface area (Å²) >= 11 is 3.32. The molecule has 1 aliphatic rings. The predicted molar refractivity (Wildman–Crippen MR) is 55.6 cm³/mol. The Balaban J connectivity index is 2.56. The van der Waals surface area contributed by atoms with Crippen molar-refractivity contribution in [3.63, 3.8) is 0 Å². The van der Waals surface area contributed by atoms with Crippen LogP contribution in [0.1, 0.15) is 29.5 Å². The van der Waals surface area contributed by atoms with Gasteiger partial charge in [-0.25, -0.2) is 4.39 Å². The second-order valence-corrected chi connectivity index (χ2v) is 4.52. The average Bonchev–Trinajstić information content (AvgIpc) is 2.89. The Labute approximate surface area is 90.7 Å². The lowest BCUT2D eigenvalue weighted by atomic mass is 10.0. The molecular formula is C11H9BrFN. The van der Waals surface area contributed by atoms with E-state index < -0.39 is 5.67 Å². The number of hydrogen-bond donors (Lipinski definition) is 0. The molecule has 1 nitrogen and oxygen atoms in total. The number of alkyl halides is 1. The first-order valence-corrected chi connectivity index (χ1v) is 5.26. The highest BCUT2D eigenvalue weighted by atomic mass is 79.9. The summed E-state index contributed by atoms with van der Waals surface area (Å²) in [7, 11) is 0. The highest BCUT2D eigenvalue weighted by Crippen LogP contribution is 2.50. The summed E-state index contributed by atoms with van der Waals surface area (Å²) in [5, 5.41) is 8.85. The topological polar surface area (TPSA) is 23.8 Å². The monoisotopic (exact) mass is 253 g/mol. The molecule has 0 aromatic heterocycles. The average molecular weight is 254 g/mol. The molecule has 1 aromatic carbocycles. The molecular weight excluding hydrogens is 245 g/mol. The van der Waals surface area contributed by atoms with Crippen LogP contribution in [0.3, 0.4) is 0 Å². The quantitative estimate of drug-likeness (QED) is 0.751. The van der Waals surface area contributed by atoms with Gasteiger partial charge in [-0.2, -0.15) is 5.26 Å². The summed E-state index contributed by atoms with van der Waals surface area (Å²) in [5.41, 5.74) is 0.929. The fraction of sp³-hybridized carbons (Fsp3) is 0.364. The van der Waals surface area contributed by atoms with Crippen LogP contribution < -0.4 is 0 Å². The first-order valence-electron chi connectivity index (χ1n) is 4.46. The van der Waals surface area contributed by atoms with Crippen LogP contribution in [0.4, 0.5) is 4.39 Å². The van der Waals surface area contributed by atoms with Crippen molar-refractivity contribution in [3.8, 4) is 6.07 Å². The van der Waals surface area contributed by atoms with Gasteiger partial charge in [0, 0.05) is 4.47 Å². The summed E-state index contributed by atoms with van der Waals surface area (Å²) in [6, 6.07) is 5.52. The Morgan fingerprint density at radius 3 is 2.64 bits per heavy atom. The van der Waals surface area contributed by atoms with Crippen LogP contribution in [0, 0.1) is 18.3 Å². The van der Waals surface area contributed by atoms with Crippen molar-refractivity contribution >= 4 is 15.9 Å². The molecule has 1 fully saturated rings. The van der Waals surface area contributed by atoms with Crippen molar-refractivity contribution in [2.75, 3.05) is 0 Å². The van der Waals surface area contributed by atoms with Crippen molar-refractivity contribution in [1.29, 1.82) is 5.26 Å². The standard InChI is InChI=1S/C11H9BrFN/c1-7-4-9(11(13)2-3-11)5-8(6-14)10(7)12/h4-5H,2-3H2,1H3. The van der Waals surface area contributed by atoms with Gasteiger partial charge in [-0.05, 0) is 52.9 Å². The predicted octanol–water partition coefficient (Wildman–Crippen LogP) is 3.59. The summed E-state index contributed by atoms with van der Waals surface area (Å²) in [6.07, 6.45) is 1.16. The molecule has 72 valence electrons. The lowest BCUT2D eigenvalue weighted by Gasteiger charge is -2.09. The Bertz CT molecular complexity index is 430. The van der Waals surface area contributed by atoms with Gasteiger partial charge in [0.1, 0.15) is 11.7 Å². The zero-order valence-electron chi connectivity index (χ0n) is 7.77. The molecule has 1 aliphatic carbocycles. The minimum atomic E-state index is -1.16. The van der Waals surface area contributed by atoms with Gasteiger partial charge in [-0.1, -0.05) is 6.07 Å². The molecule has 2 rings (SSSR count). The normalized spacial score (nSPS) is 17.6. The van der Waals surface area contributed by atoms with E-state index in [1.54, 1.807) is 6.07 Å². The van der Waals surface area contributed by atoms with Crippen molar-refractivity contribution in [3.05, 3.63) is 33.3 Å². The maximum Gasteiger partial charge on any atom is 0.136 e. The first kappa shape index (κ1) is 9.67. The van der Waals surface area contributed by atoms with Crippen LogP contribution in [-0.4, -0.2) is 0 Å². The Kier molecular flexibility index (Phi) is 2.11. The second-order valence-electron chi connectivity index (χ2n) is 3.73. The Morgan fingerprint density at radius 1 is 1.50 bits per heavy atom. The Morgan fingerprint density at radius 2 is 2.14 bits per heavy atom. The van der Waals surface area contributed by atoms with Crippen LogP contribution in [0.25, 0.3) is 0 Å². The highest BCUT2D eigenvalue weighted by Gasteiger charge is 2.45. The zero-order valence-corrected chi connectivity index (χ0v) is 9.36. The molecule has 1 aromatic rings. The van der Waals surface area contributed by atoms with E-state index in [1.165, 1.54) is 0 Å². The maximum absolute atomic E-state index is 13.7. The number of aryl methyl sites for hydroxylation is 1. The molecule has 3 heteroatoms. The first-order chi connectivity index (χ1) is 6.57. The Hall–Kier alpha value is -0.880. The molecule has 0 aliphatic heterocycles. The van der Waals surface area contributed by atoms with Crippen molar-refractivity contribution in [2.24, 2.45) is 0 Å². The van der Waals surface area contributed by atoms with Crippen LogP contribution in [0.5, 0.6) is 0 Å². The fourth-order valence-corrected chi connectivity index (χ4v) is 1.83. The third-order valence-electron chi connectivity index (χ3n) is 2.58. The number of hydrogen-bond acceptors (Lipinski definition) is 1. The largest absolute Gasteiger partial charge is 0.239 e. The van der Waals surface area contributed by atoms with Crippen LogP contribution in [0.2, 0.25) is 0 Å². The molecule has 0 atom stereocenters. The minimum Gasteiger partial charge on any atom is -0.239 e. The van der Waals surface area contributed by atoms with Gasteiger partial charge in [0.05, 0.1) is 5.56 Å². The van der Waals surface area contributed by atoms with E-state index in [1.807, 2.05) is 13.0 Å². The third-order valence-corrected chi connectivity index (χ3v) is 3.63. The molecule has 0 unspecified atom stereocenters. The summed E-state index contributed by atoms with van der Waals surface area (Å²) in [6.45, 7) is 1.88. The van der Waals surface area contributed by atoms with E-state index in [9.17, 15) is 4.39 Å². The fourth-order valence-electron chi connectivity index (χ4n) is 1.51. The van der Waals surface area contributed by atoms with Gasteiger partial charge in [-0.3, -0.25) is 0 Å². The van der Waals surface area contributed by atoms with Gasteiger partial charge < -0.3 is 0 Å². The molecule has 0 spiro atoms. The van der Waals surface area contributed by atoms with Crippen LogP contribution in [0.15, 0.2) is 16.6 Å². The number of benzene rings is 1. The van der Waals surface area contributed by atoms with Gasteiger partial charge in [0.2, 0.25) is 0 Å². The molecule has 0 N–H and O–H groups in total. The molecule has 0 radical (unpaired) electrons. The summed E-state index contributed by atoms with van der Waals surface area (Å²) in [5.74, 6) is 0. The van der Waals surface area contributed by atoms with E-state index in [0.717, 1.165) is 10.0 Å². The van der Waals surface area contributed by atoms with Crippen molar-refractivity contribution in [2.45, 2.75) is 25.4 Å². The molecule has 0 amide bonds. The van der Waals surface area contributed by atoms with E-state index in [2.05, 4.69) is 22.0 Å². The lowest BCUT2D eigenvalue weighted by molar-refractivity contribution is 0.317. The molecule has 14 heavy (non-hydrogen) atoms. The minimum absolute atomic E-state index is 0.518. The van der Waals surface area contributed by atoms with Gasteiger partial charge >= 0.3 is 0 Å². The maximum atomic E-state index is 13.7. The molecule has 0 heterocycles. The van der Waals surface area contributed by atoms with Gasteiger partial charge in [0.25, 0.3) is 0 Å². The number of nitrogens with zero attached hydrogens (tertiary/aromatic N) is 1. The lowest BCUT2D eigenvalue weighted by Crippen LogP contribution is -1.99. The van der Waals surface area contributed by atoms with Gasteiger partial charge in [-0.15, -0.1) is 0 Å². The van der Waals surface area contributed by atoms with Gasteiger partial charge in [0.15, 0.2) is 0 Å². The van der Waals surface area contributed by atoms with Crippen LogP contribution >= 0.6 is 15.9 Å². The molecule has 1 saturated carbocycles. The van der Waals surface area contributed by atoms with E-state index in [0.29, 0.717) is 24.0 Å². The number of nitriles is 1. The summed E-state index contributed by atoms with van der Waals surface area (Å²) < 4.78 is 14.5. The molecule has 0 saturated heterocycles. The highest BCUT2D eigenvalue weighted by molar-refractivity contribution is 9.10. The van der Waals surface area contributed by atoms with E-state index in [-0.39, 0.29) is 0 Å². The number of rotatable bonds is 1. The third kappa shape index (κ3) is 1.44. The SMILES string of the molecule is Cc1cc(C2(F)CC2)cc(C#N)c1Br. The molecule has 0 bridgehead atoms. The van der Waals surface area contributed by atoms with E-state index in [4.69, 9.17) is 5.26 Å².